The molecule has 0 radical (unpaired) electrons. The average Bonchev–Trinajstić information content (AvgIpc) is 2.95. The van der Waals surface area contributed by atoms with Crippen molar-refractivity contribution in [3.05, 3.63) is 16.8 Å². The number of likely N-dealkylation sites (N-methyl/N-ethyl adjacent to an activating group) is 1. The monoisotopic (exact) mass is 295 g/mol. The minimum Gasteiger partial charge on any atom is -0.389 e. The van der Waals surface area contributed by atoms with E-state index in [1.807, 2.05) is 16.8 Å². The second-order valence-electron chi connectivity index (χ2n) is 5.22. The summed E-state index contributed by atoms with van der Waals surface area (Å²) < 4.78 is 0. The summed E-state index contributed by atoms with van der Waals surface area (Å²) in [7, 11) is 1.64. The molecule has 1 amide bonds. The Bertz CT molecular complexity index is 573. The largest absolute Gasteiger partial charge is 0.389 e. The Balaban J connectivity index is 1.98. The predicted molar refractivity (Wildman–Crippen MR) is 75.1 cm³/mol. The van der Waals surface area contributed by atoms with Gasteiger partial charge >= 0.3 is 0 Å². The van der Waals surface area contributed by atoms with Crippen molar-refractivity contribution < 1.29 is 9.90 Å². The zero-order chi connectivity index (χ0) is 14.8. The van der Waals surface area contributed by atoms with Gasteiger partial charge in [-0.2, -0.15) is 16.1 Å². The maximum absolute atomic E-state index is 12.0. The first kappa shape index (κ1) is 14.6. The van der Waals surface area contributed by atoms with Gasteiger partial charge in [-0.3, -0.25) is 4.79 Å². The molecule has 8 heteroatoms. The van der Waals surface area contributed by atoms with Crippen LogP contribution in [0, 0.1) is 0 Å². The van der Waals surface area contributed by atoms with Crippen LogP contribution in [0.25, 0.3) is 11.4 Å². The maximum Gasteiger partial charge on any atom is 0.246 e. The van der Waals surface area contributed by atoms with Gasteiger partial charge in [0.25, 0.3) is 0 Å². The summed E-state index contributed by atoms with van der Waals surface area (Å²) in [5, 5.41) is 25.5. The summed E-state index contributed by atoms with van der Waals surface area (Å²) in [5.74, 6) is 0.325. The number of amides is 1. The highest BCUT2D eigenvalue weighted by atomic mass is 32.1. The number of hydrogen-bond donors (Lipinski definition) is 1. The quantitative estimate of drug-likeness (QED) is 0.874. The molecule has 0 spiro atoms. The molecule has 0 bridgehead atoms. The number of carbonyl (C=O) groups excluding carboxylic acids is 1. The number of rotatable bonds is 5. The van der Waals surface area contributed by atoms with Crippen LogP contribution in [-0.2, 0) is 11.3 Å². The van der Waals surface area contributed by atoms with Crippen LogP contribution in [0.4, 0.5) is 0 Å². The van der Waals surface area contributed by atoms with E-state index in [0.717, 1.165) is 5.56 Å². The zero-order valence-electron chi connectivity index (χ0n) is 11.6. The lowest BCUT2D eigenvalue weighted by molar-refractivity contribution is -0.133. The van der Waals surface area contributed by atoms with Crippen LogP contribution >= 0.6 is 11.3 Å². The number of hydrogen-bond acceptors (Lipinski definition) is 6. The van der Waals surface area contributed by atoms with Crippen molar-refractivity contribution in [1.29, 1.82) is 0 Å². The van der Waals surface area contributed by atoms with Gasteiger partial charge in [-0.25, -0.2) is 0 Å². The standard InChI is InChI=1S/C12H17N5O2S/c1-12(2,19)8-16(3)10(18)6-17-14-11(13-15-17)9-4-5-20-7-9/h4-5,7,19H,6,8H2,1-3H3. The lowest BCUT2D eigenvalue weighted by Gasteiger charge is -2.25. The molecule has 7 nitrogen and oxygen atoms in total. The molecule has 0 atom stereocenters. The maximum atomic E-state index is 12.0. The van der Waals surface area contributed by atoms with Gasteiger partial charge < -0.3 is 10.0 Å². The molecular formula is C12H17N5O2S. The second kappa shape index (κ2) is 5.68. The molecule has 0 aliphatic heterocycles. The van der Waals surface area contributed by atoms with Crippen LogP contribution < -0.4 is 0 Å². The van der Waals surface area contributed by atoms with E-state index in [1.54, 1.807) is 32.2 Å². The molecule has 2 rings (SSSR count). The van der Waals surface area contributed by atoms with Gasteiger partial charge in [0.05, 0.1) is 5.60 Å². The van der Waals surface area contributed by atoms with E-state index in [2.05, 4.69) is 15.4 Å². The summed E-state index contributed by atoms with van der Waals surface area (Å²) >= 11 is 1.55. The van der Waals surface area contributed by atoms with Gasteiger partial charge in [-0.15, -0.1) is 10.2 Å². The molecule has 0 saturated heterocycles. The number of nitrogens with zero attached hydrogens (tertiary/aromatic N) is 5. The third-order valence-corrected chi connectivity index (χ3v) is 3.24. The van der Waals surface area contributed by atoms with Crippen molar-refractivity contribution in [2.45, 2.75) is 26.0 Å². The molecule has 0 saturated carbocycles. The third-order valence-electron chi connectivity index (χ3n) is 2.56. The van der Waals surface area contributed by atoms with Crippen molar-refractivity contribution in [3.63, 3.8) is 0 Å². The van der Waals surface area contributed by atoms with Crippen LogP contribution in [0.3, 0.4) is 0 Å². The van der Waals surface area contributed by atoms with Gasteiger partial charge in [0.15, 0.2) is 0 Å². The van der Waals surface area contributed by atoms with Gasteiger partial charge in [0.1, 0.15) is 6.54 Å². The van der Waals surface area contributed by atoms with Crippen molar-refractivity contribution >= 4 is 17.2 Å². The molecule has 0 fully saturated rings. The number of aliphatic hydroxyl groups is 1. The highest BCUT2D eigenvalue weighted by Crippen LogP contribution is 2.16. The first-order valence-electron chi connectivity index (χ1n) is 6.12. The highest BCUT2D eigenvalue weighted by Gasteiger charge is 2.20. The van der Waals surface area contributed by atoms with Crippen LogP contribution in [0.2, 0.25) is 0 Å². The fourth-order valence-corrected chi connectivity index (χ4v) is 2.36. The average molecular weight is 295 g/mol. The van der Waals surface area contributed by atoms with E-state index < -0.39 is 5.60 Å². The third kappa shape index (κ3) is 3.84. The van der Waals surface area contributed by atoms with Crippen LogP contribution in [0.1, 0.15) is 13.8 Å². The van der Waals surface area contributed by atoms with E-state index in [4.69, 9.17) is 0 Å². The summed E-state index contributed by atoms with van der Waals surface area (Å²) in [6.45, 7) is 3.56. The summed E-state index contributed by atoms with van der Waals surface area (Å²) in [5.41, 5.74) is -0.0410. The lowest BCUT2D eigenvalue weighted by atomic mass is 10.1. The Morgan fingerprint density at radius 2 is 2.30 bits per heavy atom. The molecule has 20 heavy (non-hydrogen) atoms. The van der Waals surface area contributed by atoms with Crippen molar-refractivity contribution in [3.8, 4) is 11.4 Å². The predicted octanol–water partition coefficient (Wildman–Crippen LogP) is 0.631. The van der Waals surface area contributed by atoms with E-state index in [-0.39, 0.29) is 19.0 Å². The van der Waals surface area contributed by atoms with Gasteiger partial charge in [-0.1, -0.05) is 0 Å². The molecule has 1 N–H and O–H groups in total. The second-order valence-corrected chi connectivity index (χ2v) is 6.00. The van der Waals surface area contributed by atoms with Crippen molar-refractivity contribution in [2.24, 2.45) is 0 Å². The molecule has 0 unspecified atom stereocenters. The van der Waals surface area contributed by atoms with Crippen LogP contribution in [0.15, 0.2) is 16.8 Å². The number of carbonyl (C=O) groups is 1. The van der Waals surface area contributed by atoms with Gasteiger partial charge in [-0.05, 0) is 30.5 Å². The van der Waals surface area contributed by atoms with E-state index in [1.165, 1.54) is 9.70 Å². The number of aromatic nitrogens is 4. The molecular weight excluding hydrogens is 278 g/mol. The Hall–Kier alpha value is -1.80. The van der Waals surface area contributed by atoms with E-state index in [0.29, 0.717) is 5.82 Å². The van der Waals surface area contributed by atoms with Gasteiger partial charge in [0, 0.05) is 24.5 Å². The topological polar surface area (TPSA) is 84.1 Å². The van der Waals surface area contributed by atoms with Gasteiger partial charge in [0.2, 0.25) is 11.7 Å². The van der Waals surface area contributed by atoms with Crippen LogP contribution in [-0.4, -0.2) is 55.3 Å². The summed E-state index contributed by atoms with van der Waals surface area (Å²) in [4.78, 5) is 14.7. The Morgan fingerprint density at radius 3 is 2.90 bits per heavy atom. The summed E-state index contributed by atoms with van der Waals surface area (Å²) in [6.07, 6.45) is 0. The normalized spacial score (nSPS) is 11.6. The molecule has 2 aromatic rings. The van der Waals surface area contributed by atoms with E-state index >= 15 is 0 Å². The number of thiophene rings is 1. The fourth-order valence-electron chi connectivity index (χ4n) is 1.73. The lowest BCUT2D eigenvalue weighted by Crippen LogP contribution is -2.41. The Morgan fingerprint density at radius 1 is 1.55 bits per heavy atom. The van der Waals surface area contributed by atoms with E-state index in [9.17, 15) is 9.90 Å². The zero-order valence-corrected chi connectivity index (χ0v) is 12.5. The molecule has 108 valence electrons. The molecule has 2 heterocycles. The molecule has 0 aromatic carbocycles. The number of tetrazole rings is 1. The minimum absolute atomic E-state index is 0.00369. The smallest absolute Gasteiger partial charge is 0.246 e. The first-order valence-corrected chi connectivity index (χ1v) is 7.06. The fraction of sp³-hybridized carbons (Fsp3) is 0.500. The van der Waals surface area contributed by atoms with Crippen molar-refractivity contribution in [1.82, 2.24) is 25.1 Å². The summed E-state index contributed by atoms with van der Waals surface area (Å²) in [6, 6.07) is 1.90. The SMILES string of the molecule is CN(CC(C)(C)O)C(=O)Cn1nnc(-c2ccsc2)n1. The highest BCUT2D eigenvalue weighted by molar-refractivity contribution is 7.08. The Labute approximate surface area is 120 Å². The molecule has 0 aliphatic rings. The molecule has 0 aliphatic carbocycles. The molecule has 2 aromatic heterocycles. The first-order chi connectivity index (χ1) is 9.35. The Kier molecular flexibility index (Phi) is 4.15. The van der Waals surface area contributed by atoms with Crippen molar-refractivity contribution in [2.75, 3.05) is 13.6 Å². The minimum atomic E-state index is -0.929. The van der Waals surface area contributed by atoms with Crippen LogP contribution in [0.5, 0.6) is 0 Å².